The minimum Gasteiger partial charge on any atom is -0.480 e. The predicted molar refractivity (Wildman–Crippen MR) is 253 cm³/mol. The molecule has 0 radical (unpaired) electrons. The maximum Gasteiger partial charge on any atom is 0.328 e. The van der Waals surface area contributed by atoms with Crippen molar-refractivity contribution in [3.63, 3.8) is 0 Å². The van der Waals surface area contributed by atoms with Crippen LogP contribution in [0.2, 0.25) is 0 Å². The highest BCUT2D eigenvalue weighted by Gasteiger charge is 2.35. The summed E-state index contributed by atoms with van der Waals surface area (Å²) < 4.78 is 0. The second-order valence-electron chi connectivity index (χ2n) is 16.8. The Hall–Kier alpha value is -7.12. The van der Waals surface area contributed by atoms with Gasteiger partial charge < -0.3 is 101 Å². The number of nitrogens with one attached hydrogen (secondary N) is 15. The van der Waals surface area contributed by atoms with Gasteiger partial charge in [-0.15, -0.1) is 0 Å². The molecule has 0 spiro atoms. The van der Waals surface area contributed by atoms with Crippen molar-refractivity contribution in [2.45, 2.75) is 127 Å². The second-order valence-corrected chi connectivity index (χ2v) is 16.8. The number of carboxylic acid groups (broad SMARTS) is 1. The Morgan fingerprint density at radius 3 is 1.21 bits per heavy atom. The van der Waals surface area contributed by atoms with Crippen LogP contribution in [-0.4, -0.2) is 192 Å². The zero-order valence-corrected chi connectivity index (χ0v) is 40.1. The number of rotatable bonds is 33. The third kappa shape index (κ3) is 23.8. The Morgan fingerprint density at radius 1 is 0.521 bits per heavy atom. The molecule has 71 heavy (non-hydrogen) atoms. The fraction of sp³-hybridized carbons (Fsp3) is 0.700. The number of carbonyl (C=O) groups excluding carboxylic acids is 8. The monoisotopic (exact) mass is 1010 g/mol. The SMILES string of the molecule is CC(C)[C@H](NC(=O)[C@H](CCCNC(=N)N)NC(=O)[C@H](CO)NC(=O)[C@H](C)NC(=O)[C@@H]1CCCN1)C(=O)N[C@@H](CO)C(=O)N[C@@H](CCCNC(=N)N)C(=O)N[C@@H](CCCNC(=N)N)C(=O)N[C@@H](CO)C(=O)O. The van der Waals surface area contributed by atoms with Gasteiger partial charge in [-0.2, -0.15) is 0 Å². The third-order valence-corrected chi connectivity index (χ3v) is 10.7. The molecule has 0 bridgehead atoms. The first-order valence-electron chi connectivity index (χ1n) is 22.9. The minimum absolute atomic E-state index is 0.0314. The summed E-state index contributed by atoms with van der Waals surface area (Å²) in [4.78, 5) is 119. The van der Waals surface area contributed by atoms with E-state index in [1.165, 1.54) is 20.8 Å². The van der Waals surface area contributed by atoms with E-state index in [1.807, 2.05) is 0 Å². The fourth-order valence-corrected chi connectivity index (χ4v) is 6.69. The van der Waals surface area contributed by atoms with Gasteiger partial charge in [0.05, 0.1) is 25.9 Å². The molecule has 0 aromatic rings. The van der Waals surface area contributed by atoms with Gasteiger partial charge in [-0.05, 0) is 70.8 Å². The molecule has 402 valence electrons. The summed E-state index contributed by atoms with van der Waals surface area (Å²) in [6.07, 6.45) is 1.15. The molecule has 8 amide bonds. The van der Waals surface area contributed by atoms with Crippen molar-refractivity contribution in [3.8, 4) is 0 Å². The Bertz CT molecular complexity index is 1850. The van der Waals surface area contributed by atoms with E-state index < -0.39 is 139 Å². The van der Waals surface area contributed by atoms with Crippen molar-refractivity contribution in [1.82, 2.24) is 63.8 Å². The largest absolute Gasteiger partial charge is 0.480 e. The molecule has 1 aliphatic heterocycles. The molecule has 0 saturated carbocycles. The molecule has 1 fully saturated rings. The van der Waals surface area contributed by atoms with Crippen LogP contribution in [-0.2, 0) is 43.2 Å². The number of aliphatic hydroxyl groups is 3. The highest BCUT2D eigenvalue weighted by molar-refractivity contribution is 5.98. The average molecular weight is 1020 g/mol. The fourth-order valence-electron chi connectivity index (χ4n) is 6.69. The highest BCUT2D eigenvalue weighted by Crippen LogP contribution is 2.09. The van der Waals surface area contributed by atoms with Gasteiger partial charge in [0.25, 0.3) is 0 Å². The zero-order valence-electron chi connectivity index (χ0n) is 40.1. The summed E-state index contributed by atoms with van der Waals surface area (Å²) in [5, 5.41) is 91.0. The van der Waals surface area contributed by atoms with Crippen LogP contribution in [0.25, 0.3) is 0 Å². The maximum absolute atomic E-state index is 13.9. The number of amides is 8. The molecule has 9 atom stereocenters. The van der Waals surface area contributed by atoms with Gasteiger partial charge in [-0.3, -0.25) is 54.6 Å². The Balaban J connectivity index is 3.30. The molecule has 1 aliphatic rings. The molecule has 1 heterocycles. The Kier molecular flexibility index (Phi) is 28.5. The van der Waals surface area contributed by atoms with Crippen LogP contribution in [0.4, 0.5) is 0 Å². The van der Waals surface area contributed by atoms with E-state index in [0.717, 1.165) is 6.42 Å². The number of guanidine groups is 3. The van der Waals surface area contributed by atoms with E-state index >= 15 is 0 Å². The van der Waals surface area contributed by atoms with Crippen LogP contribution in [0.15, 0.2) is 0 Å². The van der Waals surface area contributed by atoms with E-state index in [1.54, 1.807) is 0 Å². The number of carboxylic acids is 1. The van der Waals surface area contributed by atoms with Crippen LogP contribution in [0.5, 0.6) is 0 Å². The van der Waals surface area contributed by atoms with Crippen molar-refractivity contribution in [2.24, 2.45) is 23.1 Å². The van der Waals surface area contributed by atoms with Crippen molar-refractivity contribution in [2.75, 3.05) is 46.0 Å². The summed E-state index contributed by atoms with van der Waals surface area (Å²) in [5.74, 6) is -10.8. The quantitative estimate of drug-likeness (QED) is 0.0165. The van der Waals surface area contributed by atoms with Crippen LogP contribution in [0.3, 0.4) is 0 Å². The van der Waals surface area contributed by atoms with Crippen LogP contribution < -0.4 is 81.0 Å². The number of carbonyl (C=O) groups is 9. The lowest BCUT2D eigenvalue weighted by molar-refractivity contribution is -0.143. The molecule has 1 saturated heterocycles. The van der Waals surface area contributed by atoms with Gasteiger partial charge in [0.2, 0.25) is 47.3 Å². The van der Waals surface area contributed by atoms with E-state index in [9.17, 15) is 63.6 Å². The summed E-state index contributed by atoms with van der Waals surface area (Å²) >= 11 is 0. The molecule has 0 aromatic heterocycles. The van der Waals surface area contributed by atoms with Crippen LogP contribution >= 0.6 is 0 Å². The van der Waals surface area contributed by atoms with Gasteiger partial charge in [-0.25, -0.2) is 4.79 Å². The first-order chi connectivity index (χ1) is 33.4. The normalized spacial score (nSPS) is 16.4. The molecule has 25 N–H and O–H groups in total. The van der Waals surface area contributed by atoms with Gasteiger partial charge in [0.15, 0.2) is 17.9 Å². The standard InChI is InChI=1S/C40H74N18O13/c1-19(2)28(58-33(66)24(11-7-15-50-40(45)46)54-34(67)25(16-59)55-29(62)20(3)51-30(63)21-8-4-12-47-21)36(69)56-26(17-60)35(68)53-22(9-5-13-48-38(41)42)31(64)52-23(10-6-14-49-39(43)44)32(65)57-27(18-61)37(70)71/h19-28,47,59-61H,4-18H2,1-3H3,(H,51,63)(H,52,64)(H,53,68)(H,54,67)(H,55,62)(H,56,69)(H,57,65)(H,58,66)(H,70,71)(H4,41,42,48)(H4,43,44,49)(H4,45,46,50)/t20-,21-,22-,23-,24-,25-,26-,27-,28-/m0/s1. The molecule has 1 rings (SSSR count). The topological polar surface area (TPSA) is 529 Å². The van der Waals surface area contributed by atoms with Gasteiger partial charge in [-0.1, -0.05) is 13.8 Å². The summed E-state index contributed by atoms with van der Waals surface area (Å²) in [6.45, 7) is 2.27. The third-order valence-electron chi connectivity index (χ3n) is 10.7. The molecule has 0 aliphatic carbocycles. The number of hydrogen-bond acceptors (Lipinski definition) is 16. The van der Waals surface area contributed by atoms with Gasteiger partial charge in [0.1, 0.15) is 48.3 Å². The lowest BCUT2D eigenvalue weighted by atomic mass is 10.0. The molecule has 31 heteroatoms. The smallest absolute Gasteiger partial charge is 0.328 e. The average Bonchev–Trinajstić information content (AvgIpc) is 3.86. The first-order valence-corrected chi connectivity index (χ1v) is 22.9. The van der Waals surface area contributed by atoms with Crippen LogP contribution in [0.1, 0.15) is 72.1 Å². The number of aliphatic carboxylic acids is 1. The maximum atomic E-state index is 13.9. The van der Waals surface area contributed by atoms with Gasteiger partial charge in [0, 0.05) is 19.6 Å². The van der Waals surface area contributed by atoms with Gasteiger partial charge >= 0.3 is 5.97 Å². The van der Waals surface area contributed by atoms with Crippen molar-refractivity contribution in [1.29, 1.82) is 16.2 Å². The predicted octanol–water partition coefficient (Wildman–Crippen LogP) is -8.86. The molecule has 0 aromatic carbocycles. The van der Waals surface area contributed by atoms with Crippen molar-refractivity contribution >= 4 is 71.1 Å². The summed E-state index contributed by atoms with van der Waals surface area (Å²) in [7, 11) is 0. The molecular weight excluding hydrogens is 941 g/mol. The van der Waals surface area contributed by atoms with E-state index in [2.05, 4.69) is 63.8 Å². The van der Waals surface area contributed by atoms with Crippen molar-refractivity contribution in [3.05, 3.63) is 0 Å². The Morgan fingerprint density at radius 2 is 0.873 bits per heavy atom. The number of nitrogens with two attached hydrogens (primary N) is 3. The Labute approximate surface area is 409 Å². The summed E-state index contributed by atoms with van der Waals surface area (Å²) in [6, 6.07) is -12.6. The zero-order chi connectivity index (χ0) is 53.8. The number of aliphatic hydroxyl groups excluding tert-OH is 3. The lowest BCUT2D eigenvalue weighted by Gasteiger charge is -2.28. The van der Waals surface area contributed by atoms with E-state index in [0.29, 0.717) is 13.0 Å². The first kappa shape index (κ1) is 61.9. The van der Waals surface area contributed by atoms with Crippen LogP contribution in [0, 0.1) is 22.1 Å². The van der Waals surface area contributed by atoms with Crippen molar-refractivity contribution < 1.29 is 63.6 Å². The minimum atomic E-state index is -1.77. The van der Waals surface area contributed by atoms with E-state index in [4.69, 9.17) is 33.4 Å². The molecule has 0 unspecified atom stereocenters. The molecule has 31 nitrogen and oxygen atoms in total. The lowest BCUT2D eigenvalue weighted by Crippen LogP contribution is -2.61. The van der Waals surface area contributed by atoms with E-state index in [-0.39, 0.29) is 70.1 Å². The summed E-state index contributed by atoms with van der Waals surface area (Å²) in [5.41, 5.74) is 16.0. The second kappa shape index (κ2) is 32.6. The molecular formula is C40H74N18O13. The number of hydrogen-bond donors (Lipinski definition) is 22. The highest BCUT2D eigenvalue weighted by atomic mass is 16.4.